The van der Waals surface area contributed by atoms with Crippen LogP contribution in [0.3, 0.4) is 0 Å². The smallest absolute Gasteiger partial charge is 0.416 e. The summed E-state index contributed by atoms with van der Waals surface area (Å²) in [6.45, 7) is 0.367. The second kappa shape index (κ2) is 6.52. The molecule has 0 radical (unpaired) electrons. The third kappa shape index (κ3) is 4.15. The first-order valence-corrected chi connectivity index (χ1v) is 6.42. The minimum atomic E-state index is -4.32. The van der Waals surface area contributed by atoms with Gasteiger partial charge in [-0.2, -0.15) is 13.2 Å². The molecule has 2 aromatic carbocycles. The highest BCUT2D eigenvalue weighted by atomic mass is 19.4. The fourth-order valence-corrected chi connectivity index (χ4v) is 1.93. The number of hydrogen-bond acceptors (Lipinski definition) is 2. The van der Waals surface area contributed by atoms with Gasteiger partial charge in [0.05, 0.1) is 19.3 Å². The lowest BCUT2D eigenvalue weighted by Gasteiger charge is -2.10. The van der Waals surface area contributed by atoms with Crippen LogP contribution in [0.5, 0.6) is 11.5 Å². The van der Waals surface area contributed by atoms with E-state index in [-0.39, 0.29) is 0 Å². The zero-order valence-corrected chi connectivity index (χ0v) is 11.5. The number of halogens is 3. The first kappa shape index (κ1) is 15.2. The van der Waals surface area contributed by atoms with Gasteiger partial charge in [0.25, 0.3) is 0 Å². The average Bonchev–Trinajstić information content (AvgIpc) is 2.47. The molecule has 0 saturated carbocycles. The lowest BCUT2D eigenvalue weighted by Crippen LogP contribution is -2.05. The van der Waals surface area contributed by atoms with Crippen LogP contribution >= 0.6 is 0 Å². The first-order valence-electron chi connectivity index (χ1n) is 6.42. The van der Waals surface area contributed by atoms with Gasteiger partial charge < -0.3 is 9.47 Å². The van der Waals surface area contributed by atoms with Gasteiger partial charge in [0.1, 0.15) is 11.5 Å². The molecule has 0 aliphatic rings. The van der Waals surface area contributed by atoms with E-state index in [0.29, 0.717) is 18.8 Å². The predicted octanol–water partition coefficient (Wildman–Crippen LogP) is 4.34. The van der Waals surface area contributed by atoms with Gasteiger partial charge in [0, 0.05) is 6.42 Å². The third-order valence-corrected chi connectivity index (χ3v) is 3.01. The molecule has 0 aromatic heterocycles. The maximum atomic E-state index is 12.4. The Morgan fingerprint density at radius 2 is 1.62 bits per heavy atom. The molecule has 0 N–H and O–H groups in total. The molecule has 0 aliphatic heterocycles. The quantitative estimate of drug-likeness (QED) is 0.817. The maximum Gasteiger partial charge on any atom is 0.416 e. The van der Waals surface area contributed by atoms with Crippen LogP contribution < -0.4 is 9.47 Å². The minimum Gasteiger partial charge on any atom is -0.496 e. The molecular weight excluding hydrogens is 281 g/mol. The summed E-state index contributed by atoms with van der Waals surface area (Å²) in [5.41, 5.74) is 0.312. The number of benzene rings is 2. The van der Waals surface area contributed by atoms with Crippen LogP contribution in [-0.4, -0.2) is 13.7 Å². The van der Waals surface area contributed by atoms with Crippen LogP contribution in [0.4, 0.5) is 13.2 Å². The van der Waals surface area contributed by atoms with Crippen molar-refractivity contribution >= 4 is 0 Å². The van der Waals surface area contributed by atoms with Gasteiger partial charge in [-0.05, 0) is 35.9 Å². The van der Waals surface area contributed by atoms with Crippen molar-refractivity contribution in [3.05, 3.63) is 59.7 Å². The molecule has 0 spiro atoms. The second-order valence-electron chi connectivity index (χ2n) is 4.43. The van der Waals surface area contributed by atoms with Crippen molar-refractivity contribution in [2.75, 3.05) is 13.7 Å². The van der Waals surface area contributed by atoms with Crippen molar-refractivity contribution in [3.63, 3.8) is 0 Å². The van der Waals surface area contributed by atoms with E-state index < -0.39 is 11.7 Å². The molecule has 0 saturated heterocycles. The van der Waals surface area contributed by atoms with Crippen molar-refractivity contribution in [1.82, 2.24) is 0 Å². The number of rotatable bonds is 5. The van der Waals surface area contributed by atoms with Gasteiger partial charge in [0.2, 0.25) is 0 Å². The normalized spacial score (nSPS) is 11.2. The standard InChI is InChI=1S/C16H15F3O2/c1-20-15-5-3-2-4-12(15)10-11-21-14-8-6-13(7-9-14)16(17,18)19/h2-9H,10-11H2,1H3. The molecule has 112 valence electrons. The molecular formula is C16H15F3O2. The number of para-hydroxylation sites is 1. The Morgan fingerprint density at radius 3 is 2.24 bits per heavy atom. The van der Waals surface area contributed by atoms with E-state index in [1.807, 2.05) is 24.3 Å². The predicted molar refractivity (Wildman–Crippen MR) is 73.6 cm³/mol. The molecule has 0 amide bonds. The van der Waals surface area contributed by atoms with E-state index in [0.717, 1.165) is 23.4 Å². The average molecular weight is 296 g/mol. The molecule has 0 atom stereocenters. The number of ether oxygens (including phenoxy) is 2. The minimum absolute atomic E-state index is 0.367. The fourth-order valence-electron chi connectivity index (χ4n) is 1.93. The number of methoxy groups -OCH3 is 1. The van der Waals surface area contributed by atoms with Gasteiger partial charge in [-0.15, -0.1) is 0 Å². The number of alkyl halides is 3. The van der Waals surface area contributed by atoms with E-state index in [1.54, 1.807) is 7.11 Å². The molecule has 5 heteroatoms. The Bertz CT molecular complexity index is 577. The molecule has 0 bridgehead atoms. The summed E-state index contributed by atoms with van der Waals surface area (Å²) >= 11 is 0. The number of hydrogen-bond donors (Lipinski definition) is 0. The van der Waals surface area contributed by atoms with Gasteiger partial charge in [-0.3, -0.25) is 0 Å². The highest BCUT2D eigenvalue weighted by Gasteiger charge is 2.29. The Kier molecular flexibility index (Phi) is 4.73. The molecule has 0 aliphatic carbocycles. The second-order valence-corrected chi connectivity index (χ2v) is 4.43. The van der Waals surface area contributed by atoms with Gasteiger partial charge in [-0.25, -0.2) is 0 Å². The van der Waals surface area contributed by atoms with E-state index >= 15 is 0 Å². The van der Waals surface area contributed by atoms with Crippen molar-refractivity contribution in [2.24, 2.45) is 0 Å². The van der Waals surface area contributed by atoms with Crippen LogP contribution in [0.2, 0.25) is 0 Å². The molecule has 21 heavy (non-hydrogen) atoms. The third-order valence-electron chi connectivity index (χ3n) is 3.01. The molecule has 2 aromatic rings. The van der Waals surface area contributed by atoms with Crippen molar-refractivity contribution < 1.29 is 22.6 Å². The van der Waals surface area contributed by atoms with Crippen LogP contribution in [0.25, 0.3) is 0 Å². The van der Waals surface area contributed by atoms with Gasteiger partial charge in [0.15, 0.2) is 0 Å². The molecule has 0 heterocycles. The van der Waals surface area contributed by atoms with Crippen molar-refractivity contribution in [2.45, 2.75) is 12.6 Å². The summed E-state index contributed by atoms with van der Waals surface area (Å²) in [5.74, 6) is 1.19. The summed E-state index contributed by atoms with van der Waals surface area (Å²) in [6.07, 6.45) is -3.71. The Balaban J connectivity index is 1.92. The summed E-state index contributed by atoms with van der Waals surface area (Å²) in [7, 11) is 1.59. The lowest BCUT2D eigenvalue weighted by molar-refractivity contribution is -0.137. The van der Waals surface area contributed by atoms with Crippen LogP contribution in [0.1, 0.15) is 11.1 Å². The lowest BCUT2D eigenvalue weighted by atomic mass is 10.1. The first-order chi connectivity index (χ1) is 10.0. The van der Waals surface area contributed by atoms with E-state index in [9.17, 15) is 13.2 Å². The van der Waals surface area contributed by atoms with E-state index in [2.05, 4.69) is 0 Å². The Morgan fingerprint density at radius 1 is 0.952 bits per heavy atom. The van der Waals surface area contributed by atoms with Crippen molar-refractivity contribution in [1.29, 1.82) is 0 Å². The van der Waals surface area contributed by atoms with Crippen LogP contribution in [0.15, 0.2) is 48.5 Å². The van der Waals surface area contributed by atoms with Crippen LogP contribution in [0, 0.1) is 0 Å². The zero-order valence-electron chi connectivity index (χ0n) is 11.5. The highest BCUT2D eigenvalue weighted by Crippen LogP contribution is 2.30. The Labute approximate surface area is 121 Å². The largest absolute Gasteiger partial charge is 0.496 e. The summed E-state index contributed by atoms with van der Waals surface area (Å²) in [5, 5.41) is 0. The zero-order chi connectivity index (χ0) is 15.3. The fraction of sp³-hybridized carbons (Fsp3) is 0.250. The van der Waals surface area contributed by atoms with E-state index in [1.165, 1.54) is 12.1 Å². The Hall–Kier alpha value is -2.17. The molecule has 2 nitrogen and oxygen atoms in total. The van der Waals surface area contributed by atoms with Crippen molar-refractivity contribution in [3.8, 4) is 11.5 Å². The van der Waals surface area contributed by atoms with Gasteiger partial charge in [-0.1, -0.05) is 18.2 Å². The summed E-state index contributed by atoms with van der Waals surface area (Å²) in [4.78, 5) is 0. The summed E-state index contributed by atoms with van der Waals surface area (Å²) in [6, 6.07) is 12.2. The maximum absolute atomic E-state index is 12.4. The highest BCUT2D eigenvalue weighted by molar-refractivity contribution is 5.33. The SMILES string of the molecule is COc1ccccc1CCOc1ccc(C(F)(F)F)cc1. The topological polar surface area (TPSA) is 18.5 Å². The monoisotopic (exact) mass is 296 g/mol. The summed E-state index contributed by atoms with van der Waals surface area (Å²) < 4.78 is 47.9. The van der Waals surface area contributed by atoms with Crippen LogP contribution in [-0.2, 0) is 12.6 Å². The molecule has 2 rings (SSSR count). The van der Waals surface area contributed by atoms with Gasteiger partial charge >= 0.3 is 6.18 Å². The van der Waals surface area contributed by atoms with E-state index in [4.69, 9.17) is 9.47 Å². The molecule has 0 unspecified atom stereocenters. The molecule has 0 fully saturated rings.